The standard InChI is InChI=1S/C22H17BrFN3O3.C17H13BrFNO4/c1-30-18-8-7-15(24)11-17(18)20(21(28)26-19-4-2-3-9-25-19)27-12-13-5-6-14(23)10-16(13)22(27)29;1-24-14-5-4-11(19)7-13(14)15(17(22)23)20-8-9-2-3-10(18)6-12(9)16(20)21/h2-11,20H,12H2,1H3,(H,25,26,28);2-7,15H,8H2,1H3,(H,22,23). The first-order chi connectivity index (χ1) is 25.9. The third-order valence-electron chi connectivity index (χ3n) is 8.80. The number of carboxylic acid groups (broad SMARTS) is 1. The molecule has 0 saturated heterocycles. The third-order valence-corrected chi connectivity index (χ3v) is 9.79. The number of rotatable bonds is 9. The molecule has 2 N–H and O–H groups in total. The number of hydrogen-bond donors (Lipinski definition) is 2. The highest BCUT2D eigenvalue weighted by atomic mass is 79.9. The average Bonchev–Trinajstić information content (AvgIpc) is 3.64. The number of aromatic nitrogens is 1. The number of carbonyl (C=O) groups is 4. The number of hydrogen-bond acceptors (Lipinski definition) is 7. The topological polar surface area (TPSA) is 138 Å². The van der Waals surface area contributed by atoms with Crippen molar-refractivity contribution in [3.63, 3.8) is 0 Å². The summed E-state index contributed by atoms with van der Waals surface area (Å²) in [5.41, 5.74) is 2.80. The van der Waals surface area contributed by atoms with Gasteiger partial charge in [0.2, 0.25) is 0 Å². The van der Waals surface area contributed by atoms with Crippen LogP contribution in [-0.4, -0.2) is 57.8 Å². The van der Waals surface area contributed by atoms with Gasteiger partial charge in [-0.05, 0) is 83.9 Å². The summed E-state index contributed by atoms with van der Waals surface area (Å²) in [5.74, 6) is -2.77. The molecule has 0 fully saturated rings. The van der Waals surface area contributed by atoms with E-state index in [4.69, 9.17) is 9.47 Å². The van der Waals surface area contributed by atoms with Crippen molar-refractivity contribution < 1.29 is 42.5 Å². The summed E-state index contributed by atoms with van der Waals surface area (Å²) in [5, 5.41) is 12.4. The first kappa shape index (κ1) is 38.1. The van der Waals surface area contributed by atoms with E-state index in [0.717, 1.165) is 26.1 Å². The van der Waals surface area contributed by atoms with Crippen LogP contribution in [0.3, 0.4) is 0 Å². The number of methoxy groups -OCH3 is 2. The van der Waals surface area contributed by atoms with E-state index in [1.54, 1.807) is 48.7 Å². The Hall–Kier alpha value is -5.67. The van der Waals surface area contributed by atoms with Crippen LogP contribution in [0.15, 0.2) is 106 Å². The number of halogens is 4. The van der Waals surface area contributed by atoms with E-state index in [9.17, 15) is 33.1 Å². The Morgan fingerprint density at radius 3 is 1.70 bits per heavy atom. The molecule has 0 bridgehead atoms. The summed E-state index contributed by atoms with van der Waals surface area (Å²) in [6, 6.07) is 20.7. The van der Waals surface area contributed by atoms with E-state index in [0.29, 0.717) is 22.7 Å². The van der Waals surface area contributed by atoms with Gasteiger partial charge in [0.05, 0.1) is 14.2 Å². The van der Waals surface area contributed by atoms with Gasteiger partial charge < -0.3 is 29.7 Å². The van der Waals surface area contributed by atoms with Gasteiger partial charge in [-0.2, -0.15) is 0 Å². The van der Waals surface area contributed by atoms with E-state index >= 15 is 0 Å². The number of nitrogens with one attached hydrogen (secondary N) is 1. The van der Waals surface area contributed by atoms with Crippen molar-refractivity contribution in [3.8, 4) is 11.5 Å². The molecule has 0 radical (unpaired) electrons. The smallest absolute Gasteiger partial charge is 0.331 e. The number of aliphatic carboxylic acids is 1. The third kappa shape index (κ3) is 7.82. The summed E-state index contributed by atoms with van der Waals surface area (Å²) >= 11 is 6.67. The van der Waals surface area contributed by atoms with Gasteiger partial charge in [0.15, 0.2) is 6.04 Å². The molecule has 54 heavy (non-hydrogen) atoms. The minimum Gasteiger partial charge on any atom is -0.496 e. The van der Waals surface area contributed by atoms with Gasteiger partial charge in [-0.3, -0.25) is 14.4 Å². The van der Waals surface area contributed by atoms with E-state index < -0.39 is 41.5 Å². The summed E-state index contributed by atoms with van der Waals surface area (Å²) in [4.78, 5) is 57.7. The summed E-state index contributed by atoms with van der Waals surface area (Å²) in [7, 11) is 2.80. The Morgan fingerprint density at radius 1 is 0.741 bits per heavy atom. The molecule has 0 saturated carbocycles. The predicted molar refractivity (Wildman–Crippen MR) is 200 cm³/mol. The first-order valence-corrected chi connectivity index (χ1v) is 17.8. The number of anilines is 1. The van der Waals surface area contributed by atoms with Crippen molar-refractivity contribution in [1.82, 2.24) is 14.8 Å². The Kier molecular flexibility index (Phi) is 11.4. The molecule has 2 aliphatic rings. The van der Waals surface area contributed by atoms with Crippen LogP contribution < -0.4 is 14.8 Å². The number of carboxylic acids is 1. The van der Waals surface area contributed by atoms with Crippen LogP contribution in [0.25, 0.3) is 0 Å². The Bertz CT molecular complexity index is 2280. The van der Waals surface area contributed by atoms with E-state index in [2.05, 4.69) is 42.2 Å². The number of carbonyl (C=O) groups excluding carboxylic acids is 3. The van der Waals surface area contributed by atoms with E-state index in [-0.39, 0.29) is 35.9 Å². The number of pyridine rings is 1. The number of amides is 3. The molecule has 11 nitrogen and oxygen atoms in total. The zero-order valence-corrected chi connectivity index (χ0v) is 31.7. The van der Waals surface area contributed by atoms with Crippen molar-refractivity contribution >= 4 is 61.4 Å². The Labute approximate surface area is 324 Å². The maximum atomic E-state index is 14.1. The minimum absolute atomic E-state index is 0.102. The van der Waals surface area contributed by atoms with Crippen molar-refractivity contribution in [3.05, 3.63) is 151 Å². The highest BCUT2D eigenvalue weighted by Gasteiger charge is 2.40. The molecule has 0 aliphatic carbocycles. The molecule has 7 rings (SSSR count). The van der Waals surface area contributed by atoms with Crippen LogP contribution in [0, 0.1) is 11.6 Å². The molecule has 2 aliphatic heterocycles. The summed E-state index contributed by atoms with van der Waals surface area (Å²) < 4.78 is 39.8. The Morgan fingerprint density at radius 2 is 1.24 bits per heavy atom. The van der Waals surface area contributed by atoms with Gasteiger partial charge in [-0.1, -0.05) is 50.1 Å². The Balaban J connectivity index is 0.000000189. The normalized spacial score (nSPS) is 14.0. The fourth-order valence-corrected chi connectivity index (χ4v) is 7.08. The average molecular weight is 864 g/mol. The highest BCUT2D eigenvalue weighted by Crippen LogP contribution is 2.39. The van der Waals surface area contributed by atoms with Crippen LogP contribution in [0.5, 0.6) is 11.5 Å². The molecule has 0 spiro atoms. The van der Waals surface area contributed by atoms with Crippen LogP contribution in [0.4, 0.5) is 14.6 Å². The van der Waals surface area contributed by atoms with Crippen LogP contribution in [-0.2, 0) is 22.7 Å². The predicted octanol–water partition coefficient (Wildman–Crippen LogP) is 7.71. The molecule has 4 aromatic carbocycles. The molecule has 276 valence electrons. The fraction of sp³-hybridized carbons (Fsp3) is 0.154. The largest absolute Gasteiger partial charge is 0.496 e. The van der Waals surface area contributed by atoms with Crippen LogP contribution in [0.2, 0.25) is 0 Å². The van der Waals surface area contributed by atoms with Gasteiger partial charge in [0, 0.05) is 50.5 Å². The fourth-order valence-electron chi connectivity index (χ4n) is 6.36. The van der Waals surface area contributed by atoms with Crippen molar-refractivity contribution in [2.24, 2.45) is 0 Å². The lowest BCUT2D eigenvalue weighted by atomic mass is 10.0. The van der Waals surface area contributed by atoms with Crippen molar-refractivity contribution in [1.29, 1.82) is 0 Å². The molecular formula is C39H30Br2F2N4O7. The van der Waals surface area contributed by atoms with E-state index in [1.165, 1.54) is 54.4 Å². The second-order valence-electron chi connectivity index (χ2n) is 12.1. The maximum Gasteiger partial charge on any atom is 0.331 e. The van der Waals surface area contributed by atoms with Crippen molar-refractivity contribution in [2.45, 2.75) is 25.2 Å². The van der Waals surface area contributed by atoms with Gasteiger partial charge in [-0.25, -0.2) is 18.6 Å². The number of fused-ring (bicyclic) bond motifs is 2. The second-order valence-corrected chi connectivity index (χ2v) is 13.9. The van der Waals surface area contributed by atoms with Gasteiger partial charge in [0.25, 0.3) is 17.7 Å². The molecule has 2 atom stereocenters. The summed E-state index contributed by atoms with van der Waals surface area (Å²) in [6.07, 6.45) is 1.54. The SMILES string of the molecule is COc1ccc(F)cc1C(C(=O)Nc1ccccn1)N1Cc2ccc(Br)cc2C1=O.COc1ccc(F)cc1C(C(=O)O)N1Cc2ccc(Br)cc2C1=O. The molecular weight excluding hydrogens is 834 g/mol. The van der Waals surface area contributed by atoms with Gasteiger partial charge in [-0.15, -0.1) is 0 Å². The number of ether oxygens (including phenoxy) is 2. The van der Waals surface area contributed by atoms with Crippen LogP contribution in [0.1, 0.15) is 55.1 Å². The van der Waals surface area contributed by atoms with Gasteiger partial charge in [0.1, 0.15) is 35.0 Å². The second kappa shape index (κ2) is 16.1. The lowest BCUT2D eigenvalue weighted by Gasteiger charge is -2.28. The molecule has 3 heterocycles. The quantitative estimate of drug-likeness (QED) is 0.154. The van der Waals surface area contributed by atoms with E-state index in [1.807, 2.05) is 12.1 Å². The van der Waals surface area contributed by atoms with Crippen LogP contribution >= 0.6 is 31.9 Å². The molecule has 5 aromatic rings. The lowest BCUT2D eigenvalue weighted by molar-refractivity contribution is -0.142. The first-order valence-electron chi connectivity index (χ1n) is 16.2. The molecule has 3 amide bonds. The maximum absolute atomic E-state index is 14.1. The highest BCUT2D eigenvalue weighted by molar-refractivity contribution is 9.10. The zero-order chi connectivity index (χ0) is 38.7. The molecule has 1 aromatic heterocycles. The van der Waals surface area contributed by atoms with Crippen molar-refractivity contribution in [2.75, 3.05) is 19.5 Å². The zero-order valence-electron chi connectivity index (χ0n) is 28.6. The monoisotopic (exact) mass is 862 g/mol. The lowest BCUT2D eigenvalue weighted by Crippen LogP contribution is -2.38. The minimum atomic E-state index is -1.34. The molecule has 2 unspecified atom stereocenters. The molecule has 15 heteroatoms. The summed E-state index contributed by atoms with van der Waals surface area (Å²) in [6.45, 7) is 0.347. The number of nitrogens with zero attached hydrogens (tertiary/aromatic N) is 3. The number of benzene rings is 4. The van der Waals surface area contributed by atoms with Gasteiger partial charge >= 0.3 is 5.97 Å².